The van der Waals surface area contributed by atoms with Gasteiger partial charge in [0.1, 0.15) is 17.5 Å². The van der Waals surface area contributed by atoms with Gasteiger partial charge in [-0.3, -0.25) is 0 Å². The second-order valence-electron chi connectivity index (χ2n) is 6.57. The Balaban J connectivity index is 2.77. The largest absolute Gasteiger partial charge is 0.489 e. The molecule has 0 spiro atoms. The summed E-state index contributed by atoms with van der Waals surface area (Å²) >= 11 is 5.75. The highest BCUT2D eigenvalue weighted by Gasteiger charge is 2.33. The van der Waals surface area contributed by atoms with Gasteiger partial charge in [-0.25, -0.2) is 4.99 Å². The van der Waals surface area contributed by atoms with Crippen molar-refractivity contribution < 1.29 is 17.9 Å². The van der Waals surface area contributed by atoms with Gasteiger partial charge in [0.15, 0.2) is 0 Å². The van der Waals surface area contributed by atoms with Crippen molar-refractivity contribution in [3.8, 4) is 0 Å². The summed E-state index contributed by atoms with van der Waals surface area (Å²) in [5.74, 6) is -1.40. The molecular weight excluding hydrogens is 353 g/mol. The Bertz CT molecular complexity index is 684. The van der Waals surface area contributed by atoms with Crippen LogP contribution in [0.2, 0.25) is 0 Å². The first-order chi connectivity index (χ1) is 11.3. The second-order valence-corrected chi connectivity index (χ2v) is 6.93. The number of aliphatic imine (C=N–C) groups is 1. The number of ether oxygens (including phenoxy) is 1. The van der Waals surface area contributed by atoms with Gasteiger partial charge in [0, 0.05) is 5.57 Å². The fourth-order valence-corrected chi connectivity index (χ4v) is 1.94. The Morgan fingerprint density at radius 2 is 1.72 bits per heavy atom. The van der Waals surface area contributed by atoms with E-state index in [1.807, 2.05) is 24.3 Å². The summed E-state index contributed by atoms with van der Waals surface area (Å²) in [4.78, 5) is 3.14. The van der Waals surface area contributed by atoms with Crippen molar-refractivity contribution in [1.82, 2.24) is 0 Å². The van der Waals surface area contributed by atoms with E-state index >= 15 is 0 Å². The number of hydrogen-bond acceptors (Lipinski definition) is 2. The van der Waals surface area contributed by atoms with Crippen molar-refractivity contribution in [3.05, 3.63) is 58.5 Å². The van der Waals surface area contributed by atoms with Gasteiger partial charge < -0.3 is 10.5 Å². The Kier molecular flexibility index (Phi) is 6.71. The highest BCUT2D eigenvalue weighted by Crippen LogP contribution is 2.24. The van der Waals surface area contributed by atoms with Crippen LogP contribution in [0.5, 0.6) is 0 Å². The molecule has 1 rings (SSSR count). The Labute approximate surface area is 151 Å². The molecule has 0 radical (unpaired) electrons. The van der Waals surface area contributed by atoms with E-state index in [4.69, 9.17) is 22.1 Å². The maximum atomic E-state index is 12.4. The maximum Gasteiger partial charge on any atom is 0.449 e. The van der Waals surface area contributed by atoms with Gasteiger partial charge in [0.2, 0.25) is 5.84 Å². The molecule has 0 bridgehead atoms. The summed E-state index contributed by atoms with van der Waals surface area (Å²) < 4.78 is 42.6. The summed E-state index contributed by atoms with van der Waals surface area (Å²) in [5, 5.41) is -0.414. The smallest absolute Gasteiger partial charge is 0.449 e. The van der Waals surface area contributed by atoms with Crippen molar-refractivity contribution in [2.24, 2.45) is 10.7 Å². The summed E-state index contributed by atoms with van der Waals surface area (Å²) in [7, 11) is 0. The molecule has 0 saturated carbocycles. The number of alkyl halides is 3. The third-order valence-electron chi connectivity index (χ3n) is 3.47. The van der Waals surface area contributed by atoms with Gasteiger partial charge in [0.25, 0.3) is 0 Å². The maximum absolute atomic E-state index is 12.4. The molecule has 0 amide bonds. The van der Waals surface area contributed by atoms with Gasteiger partial charge in [-0.05, 0) is 23.5 Å². The molecule has 2 N–H and O–H groups in total. The number of halogens is 4. The topological polar surface area (TPSA) is 47.6 Å². The number of benzene rings is 1. The molecule has 0 heterocycles. The Morgan fingerprint density at radius 3 is 2.16 bits per heavy atom. The molecule has 0 unspecified atom stereocenters. The van der Waals surface area contributed by atoms with Crippen LogP contribution in [-0.4, -0.2) is 12.0 Å². The lowest BCUT2D eigenvalue weighted by molar-refractivity contribution is -0.0598. The minimum Gasteiger partial charge on any atom is -0.489 e. The number of nitrogens with two attached hydrogens (primary N) is 1. The highest BCUT2D eigenvalue weighted by molar-refractivity contribution is 6.30. The molecule has 0 saturated heterocycles. The number of amidine groups is 1. The number of hydrogen-bond donors (Lipinski definition) is 1. The summed E-state index contributed by atoms with van der Waals surface area (Å²) in [6.45, 7) is 11.7. The minimum absolute atomic E-state index is 0.0479. The first kappa shape index (κ1) is 21.1. The molecule has 0 fully saturated rings. The van der Waals surface area contributed by atoms with E-state index in [1.165, 1.54) is 12.5 Å². The zero-order chi connectivity index (χ0) is 19.4. The number of allylic oxidation sites excluding steroid dienone is 1. The molecule has 25 heavy (non-hydrogen) atoms. The Hall–Kier alpha value is -1.95. The van der Waals surface area contributed by atoms with E-state index in [9.17, 15) is 13.2 Å². The molecule has 1 aromatic rings. The van der Waals surface area contributed by atoms with E-state index in [0.717, 1.165) is 5.56 Å². The molecule has 0 atom stereocenters. The molecule has 0 aromatic heterocycles. The van der Waals surface area contributed by atoms with Crippen LogP contribution in [0.4, 0.5) is 13.2 Å². The van der Waals surface area contributed by atoms with Crippen LogP contribution < -0.4 is 5.73 Å². The van der Waals surface area contributed by atoms with Crippen LogP contribution in [-0.2, 0) is 16.8 Å². The van der Waals surface area contributed by atoms with Crippen LogP contribution in [0.1, 0.15) is 38.8 Å². The summed E-state index contributed by atoms with van der Waals surface area (Å²) in [6, 6.07) is 7.86. The van der Waals surface area contributed by atoms with Gasteiger partial charge in [0.05, 0.1) is 0 Å². The first-order valence-corrected chi connectivity index (χ1v) is 7.89. The van der Waals surface area contributed by atoms with Gasteiger partial charge >= 0.3 is 6.18 Å². The lowest BCUT2D eigenvalue weighted by atomic mass is 9.87. The molecule has 0 aliphatic heterocycles. The van der Waals surface area contributed by atoms with E-state index in [-0.39, 0.29) is 23.4 Å². The SMILES string of the molecule is C=C(OCc1ccc(C(C)(C)C)cc1)/C(C)=C(Cl)\N=C(/N)C(F)(F)F. The normalized spacial score (nSPS) is 14.2. The quantitative estimate of drug-likeness (QED) is 0.246. The van der Waals surface area contributed by atoms with Gasteiger partial charge in [-0.1, -0.05) is 63.2 Å². The molecule has 138 valence electrons. The van der Waals surface area contributed by atoms with E-state index in [2.05, 4.69) is 32.3 Å². The van der Waals surface area contributed by atoms with Crippen molar-refractivity contribution in [3.63, 3.8) is 0 Å². The lowest BCUT2D eigenvalue weighted by Crippen LogP contribution is -2.31. The van der Waals surface area contributed by atoms with Crippen molar-refractivity contribution >= 4 is 17.4 Å². The number of rotatable bonds is 5. The summed E-state index contributed by atoms with van der Waals surface area (Å²) in [5.41, 5.74) is 7.15. The summed E-state index contributed by atoms with van der Waals surface area (Å²) in [6.07, 6.45) is -4.74. The molecule has 0 aliphatic rings. The molecule has 3 nitrogen and oxygen atoms in total. The van der Waals surface area contributed by atoms with Crippen molar-refractivity contribution in [1.29, 1.82) is 0 Å². The monoisotopic (exact) mass is 374 g/mol. The standard InChI is InChI=1S/C18H22ClF3N2O/c1-11(15(19)24-16(23)18(20,21)22)12(2)25-10-13-6-8-14(9-7-13)17(3,4)5/h6-9H,2,10H2,1,3-5H3,(H2,23,24)/b15-11-. The number of nitrogens with zero attached hydrogens (tertiary/aromatic N) is 1. The third kappa shape index (κ3) is 6.46. The van der Waals surface area contributed by atoms with E-state index < -0.39 is 17.2 Å². The fraction of sp³-hybridized carbons (Fsp3) is 0.389. The van der Waals surface area contributed by atoms with Crippen LogP contribution in [0, 0.1) is 0 Å². The molecular formula is C18H22ClF3N2O. The average Bonchev–Trinajstić information content (AvgIpc) is 2.50. The lowest BCUT2D eigenvalue weighted by Gasteiger charge is -2.19. The second kappa shape index (κ2) is 7.95. The van der Waals surface area contributed by atoms with Crippen LogP contribution in [0.3, 0.4) is 0 Å². The van der Waals surface area contributed by atoms with Crippen molar-refractivity contribution in [2.45, 2.75) is 45.9 Å². The van der Waals surface area contributed by atoms with Crippen LogP contribution >= 0.6 is 11.6 Å². The van der Waals surface area contributed by atoms with Gasteiger partial charge in [-0.2, -0.15) is 13.2 Å². The highest BCUT2D eigenvalue weighted by atomic mass is 35.5. The molecule has 0 aliphatic carbocycles. The van der Waals surface area contributed by atoms with Gasteiger partial charge in [-0.15, -0.1) is 0 Å². The predicted molar refractivity (Wildman–Crippen MR) is 95.3 cm³/mol. The molecule has 7 heteroatoms. The zero-order valence-corrected chi connectivity index (χ0v) is 15.4. The third-order valence-corrected chi connectivity index (χ3v) is 3.84. The fourth-order valence-electron chi connectivity index (χ4n) is 1.75. The van der Waals surface area contributed by atoms with Crippen molar-refractivity contribution in [2.75, 3.05) is 0 Å². The zero-order valence-electron chi connectivity index (χ0n) is 14.7. The van der Waals surface area contributed by atoms with E-state index in [1.54, 1.807) is 0 Å². The average molecular weight is 375 g/mol. The molecule has 1 aromatic carbocycles. The van der Waals surface area contributed by atoms with E-state index in [0.29, 0.717) is 0 Å². The Morgan fingerprint density at radius 1 is 1.20 bits per heavy atom. The predicted octanol–water partition coefficient (Wildman–Crippen LogP) is 5.40. The first-order valence-electron chi connectivity index (χ1n) is 7.51. The van der Waals surface area contributed by atoms with Crippen LogP contribution in [0.25, 0.3) is 0 Å². The minimum atomic E-state index is -4.74. The van der Waals surface area contributed by atoms with Crippen LogP contribution in [0.15, 0.2) is 52.3 Å².